The fraction of sp³-hybridized carbons (Fsp3) is 0.690. The Balaban J connectivity index is 0.000000740. The molecule has 15 heteroatoms. The van der Waals surface area contributed by atoms with E-state index in [2.05, 4.69) is 0 Å². The first-order valence-electron chi connectivity index (χ1n) is 14.2. The van der Waals surface area contributed by atoms with Gasteiger partial charge in [0.15, 0.2) is 12.2 Å². The molecular formula is C29H43BF5O8S. The Morgan fingerprint density at radius 1 is 0.795 bits per heavy atom. The standard InChI is InChI=1S/C16H21FO3S.C12H19FO5.CH3BF.F2/c1-4-13-10(2)14(17)15(19-11(3)18)16(20-13)21-12-8-6-5-7-9-12;1-5-9-6(2)10(13)11(16-7(3)14)12(18-9)17-8(4)15;1-2-3;1-2/h5-10,13-16H,4H2,1-3H3;6,9-12H,5H2,1-4H3;1H3;/t10-,13-,14+,15-,16+;6-,9-,10+,11-,12?;;/m11../s1. The number of alkyl halides is 2. The lowest BCUT2D eigenvalue weighted by atomic mass is 9.90. The van der Waals surface area contributed by atoms with Gasteiger partial charge in [-0.1, -0.05) is 64.5 Å². The van der Waals surface area contributed by atoms with Crippen molar-refractivity contribution in [2.75, 3.05) is 0 Å². The predicted octanol–water partition coefficient (Wildman–Crippen LogP) is 6.87. The Bertz CT molecular complexity index is 969. The van der Waals surface area contributed by atoms with Crippen LogP contribution in [0, 0.1) is 11.8 Å². The number of benzene rings is 1. The molecule has 1 radical (unpaired) electrons. The van der Waals surface area contributed by atoms with Gasteiger partial charge in [0.25, 0.3) is 0 Å². The van der Waals surface area contributed by atoms with Crippen LogP contribution in [0.5, 0.6) is 0 Å². The van der Waals surface area contributed by atoms with Crippen molar-refractivity contribution in [2.45, 2.75) is 122 Å². The summed E-state index contributed by atoms with van der Waals surface area (Å²) in [6, 6.07) is 9.62. The number of halogens is 5. The van der Waals surface area contributed by atoms with Crippen LogP contribution < -0.4 is 0 Å². The number of hydrogen-bond donors (Lipinski definition) is 0. The molecule has 0 aromatic heterocycles. The van der Waals surface area contributed by atoms with Crippen molar-refractivity contribution >= 4 is 37.2 Å². The largest absolute Gasteiger partial charge is 0.456 e. The number of thioether (sulfide) groups is 1. The summed E-state index contributed by atoms with van der Waals surface area (Å²) in [5.74, 6) is -2.43. The van der Waals surface area contributed by atoms with E-state index in [1.807, 2.05) is 44.2 Å². The highest BCUT2D eigenvalue weighted by Gasteiger charge is 2.48. The Hall–Kier alpha value is -2.39. The zero-order chi connectivity index (χ0) is 34.0. The van der Waals surface area contributed by atoms with E-state index < -0.39 is 60.1 Å². The lowest BCUT2D eigenvalue weighted by Gasteiger charge is -2.41. The number of esters is 3. The summed E-state index contributed by atoms with van der Waals surface area (Å²) >= 11 is 1.40. The van der Waals surface area contributed by atoms with Crippen LogP contribution in [0.4, 0.5) is 22.2 Å². The number of hydrogen-bond acceptors (Lipinski definition) is 9. The molecule has 3 rings (SSSR count). The van der Waals surface area contributed by atoms with Crippen molar-refractivity contribution < 1.29 is 60.3 Å². The molecule has 1 aromatic rings. The fourth-order valence-electron chi connectivity index (χ4n) is 4.60. The molecule has 2 aliphatic rings. The van der Waals surface area contributed by atoms with Gasteiger partial charge in [0.2, 0.25) is 6.29 Å². The third-order valence-corrected chi connectivity index (χ3v) is 7.80. The summed E-state index contributed by atoms with van der Waals surface area (Å²) < 4.78 is 81.4. The first-order valence-corrected chi connectivity index (χ1v) is 15.0. The maximum absolute atomic E-state index is 14.6. The summed E-state index contributed by atoms with van der Waals surface area (Å²) in [4.78, 5) is 34.2. The zero-order valence-corrected chi connectivity index (χ0v) is 27.0. The topological polar surface area (TPSA) is 97.4 Å². The highest BCUT2D eigenvalue weighted by molar-refractivity contribution is 7.99. The fourth-order valence-corrected chi connectivity index (χ4v) is 5.72. The van der Waals surface area contributed by atoms with Gasteiger partial charge in [-0.15, -0.1) is 0 Å². The van der Waals surface area contributed by atoms with Gasteiger partial charge in [0, 0.05) is 46.7 Å². The average molecular weight is 658 g/mol. The summed E-state index contributed by atoms with van der Waals surface area (Å²) in [7, 11) is 0.500. The first kappa shape index (κ1) is 41.6. The smallest absolute Gasteiger partial charge is 0.351 e. The van der Waals surface area contributed by atoms with E-state index >= 15 is 0 Å². The normalized spacial score (nSPS) is 30.8. The minimum absolute atomic E-state index is 0.159. The first-order chi connectivity index (χ1) is 20.8. The Morgan fingerprint density at radius 3 is 1.64 bits per heavy atom. The lowest BCUT2D eigenvalue weighted by molar-refractivity contribution is -0.269. The van der Waals surface area contributed by atoms with Crippen LogP contribution in [0.25, 0.3) is 0 Å². The van der Waals surface area contributed by atoms with Crippen LogP contribution in [0.1, 0.15) is 61.3 Å². The number of ether oxygens (including phenoxy) is 5. The van der Waals surface area contributed by atoms with Crippen LogP contribution in [0.15, 0.2) is 35.2 Å². The molecule has 1 aromatic carbocycles. The Morgan fingerprint density at radius 2 is 1.20 bits per heavy atom. The van der Waals surface area contributed by atoms with Gasteiger partial charge in [-0.2, -0.15) is 0 Å². The SMILES string of the molecule is CC[C@H]1OC(OC(C)=O)[C@H](OC(C)=O)[C@@H](F)[C@@H]1C.CC[C@H]1O[C@@H](Sc2ccccc2)[C@H](OC(C)=O)[C@@H](F)[C@@H]1C.C[B]F.FF. The molecule has 2 saturated heterocycles. The number of carbonyl (C=O) groups excluding carboxylic acids is 3. The summed E-state index contributed by atoms with van der Waals surface area (Å²) in [5.41, 5.74) is -0.521. The summed E-state index contributed by atoms with van der Waals surface area (Å²) in [6.45, 7) is 12.3. The molecule has 0 aliphatic carbocycles. The van der Waals surface area contributed by atoms with E-state index in [9.17, 15) is 27.5 Å². The zero-order valence-electron chi connectivity index (χ0n) is 26.2. The van der Waals surface area contributed by atoms with Crippen molar-refractivity contribution in [3.05, 3.63) is 30.3 Å². The van der Waals surface area contributed by atoms with Crippen molar-refractivity contribution in [1.29, 1.82) is 0 Å². The lowest BCUT2D eigenvalue weighted by Crippen LogP contribution is -2.54. The predicted molar refractivity (Wildman–Crippen MR) is 156 cm³/mol. The number of rotatable bonds is 7. The van der Waals surface area contributed by atoms with Crippen molar-refractivity contribution in [2.24, 2.45) is 11.8 Å². The van der Waals surface area contributed by atoms with E-state index in [1.54, 1.807) is 13.8 Å². The minimum atomic E-state index is -1.42. The van der Waals surface area contributed by atoms with Crippen LogP contribution in [-0.2, 0) is 38.1 Å². The molecule has 8 nitrogen and oxygen atoms in total. The van der Waals surface area contributed by atoms with Crippen molar-refractivity contribution in [3.63, 3.8) is 0 Å². The van der Waals surface area contributed by atoms with Gasteiger partial charge in [-0.05, 0) is 25.0 Å². The molecule has 0 spiro atoms. The quantitative estimate of drug-likeness (QED) is 0.135. The minimum Gasteiger partial charge on any atom is -0.456 e. The van der Waals surface area contributed by atoms with Crippen LogP contribution in [-0.4, -0.2) is 73.9 Å². The second-order valence-electron chi connectivity index (χ2n) is 9.92. The maximum atomic E-state index is 14.6. The average Bonchev–Trinajstić information content (AvgIpc) is 2.98. The van der Waals surface area contributed by atoms with E-state index in [0.29, 0.717) is 14.0 Å². The molecule has 251 valence electrons. The molecule has 0 saturated carbocycles. The third kappa shape index (κ3) is 13.7. The summed E-state index contributed by atoms with van der Waals surface area (Å²) in [5, 5.41) is 0. The van der Waals surface area contributed by atoms with E-state index in [4.69, 9.17) is 32.8 Å². The molecule has 1 unspecified atom stereocenters. The van der Waals surface area contributed by atoms with Gasteiger partial charge >= 0.3 is 25.5 Å². The molecule has 0 N–H and O–H groups in total. The molecule has 44 heavy (non-hydrogen) atoms. The molecule has 10 atom stereocenters. The second kappa shape index (κ2) is 22.2. The van der Waals surface area contributed by atoms with Crippen molar-refractivity contribution in [3.8, 4) is 0 Å². The molecular weight excluding hydrogens is 614 g/mol. The van der Waals surface area contributed by atoms with Gasteiger partial charge in [0.1, 0.15) is 17.8 Å². The molecule has 2 fully saturated rings. The van der Waals surface area contributed by atoms with Gasteiger partial charge in [0.05, 0.1) is 12.2 Å². The molecule has 2 aliphatic heterocycles. The van der Waals surface area contributed by atoms with Gasteiger partial charge < -0.3 is 28.0 Å². The molecule has 0 bridgehead atoms. The number of carbonyl (C=O) groups is 3. The van der Waals surface area contributed by atoms with E-state index in [0.717, 1.165) is 11.3 Å². The van der Waals surface area contributed by atoms with Crippen LogP contribution in [0.2, 0.25) is 6.82 Å². The van der Waals surface area contributed by atoms with Crippen LogP contribution >= 0.6 is 11.8 Å². The van der Waals surface area contributed by atoms with Crippen LogP contribution in [0.3, 0.4) is 0 Å². The second-order valence-corrected chi connectivity index (χ2v) is 11.1. The van der Waals surface area contributed by atoms with Gasteiger partial charge in [-0.3, -0.25) is 14.4 Å². The van der Waals surface area contributed by atoms with Gasteiger partial charge in [-0.25, -0.2) is 8.78 Å². The molecule has 2 heterocycles. The van der Waals surface area contributed by atoms with E-state index in [1.165, 1.54) is 39.4 Å². The highest BCUT2D eigenvalue weighted by Crippen LogP contribution is 2.39. The Labute approximate surface area is 261 Å². The molecule has 0 amide bonds. The Kier molecular flexibility index (Phi) is 21.0. The third-order valence-electron chi connectivity index (χ3n) is 6.65. The summed E-state index contributed by atoms with van der Waals surface area (Å²) in [6.07, 6.45) is -5.08. The van der Waals surface area contributed by atoms with E-state index in [-0.39, 0.29) is 18.1 Å². The maximum Gasteiger partial charge on any atom is 0.351 e. The van der Waals surface area contributed by atoms with Crippen molar-refractivity contribution in [1.82, 2.24) is 0 Å². The monoisotopic (exact) mass is 657 g/mol. The highest BCUT2D eigenvalue weighted by atomic mass is 32.2.